The predicted molar refractivity (Wildman–Crippen MR) is 91.4 cm³/mol. The Kier molecular flexibility index (Phi) is 4.75. The van der Waals surface area contributed by atoms with Crippen LogP contribution in [0.2, 0.25) is 0 Å². The van der Waals surface area contributed by atoms with Crippen molar-refractivity contribution in [1.82, 2.24) is 0 Å². The molecule has 1 heterocycles. The van der Waals surface area contributed by atoms with Crippen LogP contribution < -0.4 is 0 Å². The van der Waals surface area contributed by atoms with Gasteiger partial charge in [-0.1, -0.05) is 6.08 Å². The summed E-state index contributed by atoms with van der Waals surface area (Å²) < 4.78 is 12.0. The summed E-state index contributed by atoms with van der Waals surface area (Å²) in [6.07, 6.45) is 2.50. The maximum atomic E-state index is 10.9. The number of benzene rings is 1. The van der Waals surface area contributed by atoms with Crippen molar-refractivity contribution in [3.8, 4) is 5.75 Å². The molecule has 118 valence electrons. The van der Waals surface area contributed by atoms with Gasteiger partial charge in [-0.05, 0) is 51.4 Å². The summed E-state index contributed by atoms with van der Waals surface area (Å²) in [5.74, 6) is 0.517. The minimum atomic E-state index is -0.526. The van der Waals surface area contributed by atoms with Crippen molar-refractivity contribution in [3.63, 3.8) is 0 Å². The molecule has 0 spiro atoms. The van der Waals surface area contributed by atoms with Crippen LogP contribution in [0.15, 0.2) is 23.7 Å². The summed E-state index contributed by atoms with van der Waals surface area (Å²) in [5, 5.41) is 9.96. The summed E-state index contributed by atoms with van der Waals surface area (Å²) in [5.41, 5.74) is 0.957. The van der Waals surface area contributed by atoms with Crippen LogP contribution in [0, 0.1) is 0 Å². The van der Waals surface area contributed by atoms with Crippen molar-refractivity contribution in [3.05, 3.63) is 34.8 Å². The van der Waals surface area contributed by atoms with Crippen LogP contribution in [0.5, 0.6) is 5.75 Å². The zero-order chi connectivity index (χ0) is 16.5. The van der Waals surface area contributed by atoms with Gasteiger partial charge in [0.15, 0.2) is 0 Å². The van der Waals surface area contributed by atoms with Gasteiger partial charge in [0.25, 0.3) is 0 Å². The zero-order valence-electron chi connectivity index (χ0n) is 13.3. The Morgan fingerprint density at radius 2 is 1.86 bits per heavy atom. The molecule has 1 aromatic rings. The van der Waals surface area contributed by atoms with Crippen molar-refractivity contribution < 1.29 is 19.2 Å². The first kappa shape index (κ1) is 17.1. The summed E-state index contributed by atoms with van der Waals surface area (Å²) in [6.45, 7) is 7.92. The molecule has 0 atom stereocenters. The second-order valence-electron chi connectivity index (χ2n) is 6.40. The molecule has 0 unspecified atom stereocenters. The SMILES string of the molecule is CC1(C)OB(C(=Cc2cc(C=O)ccc2O)CS)OC1(C)C. The molecular formula is C16H21BO4S. The molecule has 0 saturated carbocycles. The van der Waals surface area contributed by atoms with Crippen molar-refractivity contribution in [2.75, 3.05) is 5.75 Å². The van der Waals surface area contributed by atoms with E-state index >= 15 is 0 Å². The molecule has 0 aromatic heterocycles. The minimum absolute atomic E-state index is 0.0985. The van der Waals surface area contributed by atoms with E-state index in [-0.39, 0.29) is 5.75 Å². The van der Waals surface area contributed by atoms with Crippen LogP contribution in [0.3, 0.4) is 0 Å². The number of carbonyl (C=O) groups is 1. The van der Waals surface area contributed by atoms with Crippen LogP contribution in [-0.2, 0) is 9.31 Å². The van der Waals surface area contributed by atoms with E-state index in [2.05, 4.69) is 12.6 Å². The van der Waals surface area contributed by atoms with Crippen LogP contribution in [0.1, 0.15) is 43.6 Å². The molecule has 1 saturated heterocycles. The van der Waals surface area contributed by atoms with Crippen molar-refractivity contribution in [2.24, 2.45) is 0 Å². The minimum Gasteiger partial charge on any atom is -0.507 e. The molecule has 0 radical (unpaired) electrons. The lowest BCUT2D eigenvalue weighted by molar-refractivity contribution is 0.00578. The van der Waals surface area contributed by atoms with E-state index in [1.54, 1.807) is 18.2 Å². The molecule has 4 nitrogen and oxygen atoms in total. The number of aldehydes is 1. The molecule has 1 aliphatic heterocycles. The van der Waals surface area contributed by atoms with E-state index in [0.717, 1.165) is 11.8 Å². The fourth-order valence-electron chi connectivity index (χ4n) is 2.14. The highest BCUT2D eigenvalue weighted by molar-refractivity contribution is 7.80. The Morgan fingerprint density at radius 3 is 2.36 bits per heavy atom. The average Bonchev–Trinajstić information content (AvgIpc) is 2.66. The lowest BCUT2D eigenvalue weighted by Crippen LogP contribution is -2.41. The van der Waals surface area contributed by atoms with Crippen LogP contribution >= 0.6 is 12.6 Å². The number of hydrogen-bond donors (Lipinski definition) is 2. The Morgan fingerprint density at radius 1 is 1.27 bits per heavy atom. The number of thiol groups is 1. The van der Waals surface area contributed by atoms with Crippen molar-refractivity contribution in [2.45, 2.75) is 38.9 Å². The third-order valence-corrected chi connectivity index (χ3v) is 4.63. The van der Waals surface area contributed by atoms with Gasteiger partial charge in [0.1, 0.15) is 12.0 Å². The quantitative estimate of drug-likeness (QED) is 0.508. The predicted octanol–water partition coefficient (Wildman–Crippen LogP) is 3.15. The fourth-order valence-corrected chi connectivity index (χ4v) is 2.38. The normalized spacial score (nSPS) is 20.2. The molecule has 6 heteroatoms. The Bertz CT molecular complexity index is 594. The molecule has 1 aromatic carbocycles. The third-order valence-electron chi connectivity index (χ3n) is 4.27. The Hall–Kier alpha value is -1.24. The van der Waals surface area contributed by atoms with Crippen LogP contribution in [0.25, 0.3) is 6.08 Å². The molecular weight excluding hydrogens is 299 g/mol. The highest BCUT2D eigenvalue weighted by Gasteiger charge is 2.52. The first-order chi connectivity index (χ1) is 10.2. The standard InChI is InChI=1S/C16H21BO4S/c1-15(2)16(3,4)21-17(20-15)13(10-22)8-12-7-11(9-18)5-6-14(12)19/h5-9,19,22H,10H2,1-4H3. The third kappa shape index (κ3) is 3.24. The van der Waals surface area contributed by atoms with Gasteiger partial charge in [-0.3, -0.25) is 4.79 Å². The zero-order valence-corrected chi connectivity index (χ0v) is 14.2. The van der Waals surface area contributed by atoms with E-state index in [9.17, 15) is 9.90 Å². The van der Waals surface area contributed by atoms with E-state index in [1.807, 2.05) is 27.7 Å². The van der Waals surface area contributed by atoms with Crippen molar-refractivity contribution >= 4 is 32.1 Å². The number of phenols is 1. The summed E-state index contributed by atoms with van der Waals surface area (Å²) in [6, 6.07) is 4.68. The summed E-state index contributed by atoms with van der Waals surface area (Å²) in [4.78, 5) is 10.9. The number of rotatable bonds is 4. The molecule has 1 fully saturated rings. The van der Waals surface area contributed by atoms with E-state index in [1.165, 1.54) is 6.07 Å². The Labute approximate surface area is 137 Å². The maximum absolute atomic E-state index is 10.9. The van der Waals surface area contributed by atoms with Gasteiger partial charge in [-0.15, -0.1) is 0 Å². The van der Waals surface area contributed by atoms with Crippen LogP contribution in [-0.4, -0.2) is 35.5 Å². The summed E-state index contributed by atoms with van der Waals surface area (Å²) in [7, 11) is -0.526. The monoisotopic (exact) mass is 320 g/mol. The van der Waals surface area contributed by atoms with Gasteiger partial charge in [0.05, 0.1) is 11.2 Å². The van der Waals surface area contributed by atoms with E-state index in [0.29, 0.717) is 16.9 Å². The molecule has 1 aliphatic rings. The number of phenolic OH excluding ortho intramolecular Hbond substituents is 1. The van der Waals surface area contributed by atoms with Gasteiger partial charge in [-0.2, -0.15) is 12.6 Å². The molecule has 2 rings (SSSR count). The number of hydrogen-bond acceptors (Lipinski definition) is 5. The van der Waals surface area contributed by atoms with Gasteiger partial charge >= 0.3 is 7.12 Å². The number of carbonyl (C=O) groups excluding carboxylic acids is 1. The average molecular weight is 320 g/mol. The van der Waals surface area contributed by atoms with Crippen LogP contribution in [0.4, 0.5) is 0 Å². The molecule has 0 amide bonds. The lowest BCUT2D eigenvalue weighted by atomic mass is 9.78. The van der Waals surface area contributed by atoms with E-state index < -0.39 is 18.3 Å². The maximum Gasteiger partial charge on any atom is 0.491 e. The largest absolute Gasteiger partial charge is 0.507 e. The molecule has 0 aliphatic carbocycles. The fraction of sp³-hybridized carbons (Fsp3) is 0.438. The second-order valence-corrected chi connectivity index (χ2v) is 6.72. The number of aromatic hydroxyl groups is 1. The van der Waals surface area contributed by atoms with Crippen molar-refractivity contribution in [1.29, 1.82) is 0 Å². The topological polar surface area (TPSA) is 55.8 Å². The highest BCUT2D eigenvalue weighted by atomic mass is 32.1. The highest BCUT2D eigenvalue weighted by Crippen LogP contribution is 2.39. The molecule has 0 bridgehead atoms. The molecule has 1 N–H and O–H groups in total. The smallest absolute Gasteiger partial charge is 0.491 e. The second kappa shape index (κ2) is 6.10. The first-order valence-corrected chi connectivity index (χ1v) is 7.78. The first-order valence-electron chi connectivity index (χ1n) is 7.15. The van der Waals surface area contributed by atoms with Gasteiger partial charge in [0, 0.05) is 16.9 Å². The Balaban J connectivity index is 2.35. The lowest BCUT2D eigenvalue weighted by Gasteiger charge is -2.32. The van der Waals surface area contributed by atoms with E-state index in [4.69, 9.17) is 9.31 Å². The summed E-state index contributed by atoms with van der Waals surface area (Å²) >= 11 is 4.34. The van der Waals surface area contributed by atoms with Gasteiger partial charge in [-0.25, -0.2) is 0 Å². The molecule has 22 heavy (non-hydrogen) atoms. The van der Waals surface area contributed by atoms with Gasteiger partial charge in [0.2, 0.25) is 0 Å². The van der Waals surface area contributed by atoms with Gasteiger partial charge < -0.3 is 14.4 Å².